The Hall–Kier alpha value is -1.50. The van der Waals surface area contributed by atoms with Crippen LogP contribution in [0.15, 0.2) is 24.4 Å². The summed E-state index contributed by atoms with van der Waals surface area (Å²) in [7, 11) is 1.61. The first kappa shape index (κ1) is 16.4. The van der Waals surface area contributed by atoms with E-state index in [0.29, 0.717) is 26.2 Å². The number of fused-ring (bicyclic) bond motifs is 1. The molecule has 1 aromatic heterocycles. The van der Waals surface area contributed by atoms with Gasteiger partial charge in [-0.15, -0.1) is 0 Å². The third-order valence-corrected chi connectivity index (χ3v) is 4.49. The van der Waals surface area contributed by atoms with Crippen molar-refractivity contribution in [1.29, 1.82) is 0 Å². The van der Waals surface area contributed by atoms with E-state index in [1.807, 2.05) is 23.1 Å². The van der Waals surface area contributed by atoms with Crippen LogP contribution in [0, 0.1) is 0 Å². The summed E-state index contributed by atoms with van der Waals surface area (Å²) >= 11 is 0. The lowest BCUT2D eigenvalue weighted by Gasteiger charge is -2.32. The first-order valence-electron chi connectivity index (χ1n) is 8.21. The van der Waals surface area contributed by atoms with Crippen molar-refractivity contribution in [3.05, 3.63) is 30.1 Å². The first-order chi connectivity index (χ1) is 11.3. The highest BCUT2D eigenvalue weighted by molar-refractivity contribution is 5.77. The fraction of sp³-hybridized carbons (Fsp3) is 0.647. The van der Waals surface area contributed by atoms with Crippen LogP contribution in [0.25, 0.3) is 0 Å². The van der Waals surface area contributed by atoms with Gasteiger partial charge in [-0.05, 0) is 25.0 Å². The topological polar surface area (TPSA) is 60.9 Å². The van der Waals surface area contributed by atoms with Crippen molar-refractivity contribution in [3.63, 3.8) is 0 Å². The molecule has 0 N–H and O–H groups in total. The van der Waals surface area contributed by atoms with E-state index in [1.54, 1.807) is 13.3 Å². The van der Waals surface area contributed by atoms with Gasteiger partial charge in [0.1, 0.15) is 12.2 Å². The van der Waals surface area contributed by atoms with Crippen LogP contribution in [-0.4, -0.2) is 60.9 Å². The zero-order valence-corrected chi connectivity index (χ0v) is 13.5. The zero-order valence-electron chi connectivity index (χ0n) is 13.5. The molecule has 126 valence electrons. The Kier molecular flexibility index (Phi) is 5.59. The van der Waals surface area contributed by atoms with Gasteiger partial charge < -0.3 is 19.1 Å². The maximum absolute atomic E-state index is 12.4. The number of ether oxygens (including phenoxy) is 3. The number of hydrogen-bond donors (Lipinski definition) is 0. The molecule has 23 heavy (non-hydrogen) atoms. The summed E-state index contributed by atoms with van der Waals surface area (Å²) in [5.41, 5.74) is 0.893. The Bertz CT molecular complexity index is 511. The van der Waals surface area contributed by atoms with Gasteiger partial charge in [0, 0.05) is 26.5 Å². The van der Waals surface area contributed by atoms with E-state index in [2.05, 4.69) is 4.98 Å². The molecule has 0 unspecified atom stereocenters. The molecule has 0 aliphatic carbocycles. The van der Waals surface area contributed by atoms with Crippen LogP contribution in [0.4, 0.5) is 0 Å². The van der Waals surface area contributed by atoms with Crippen LogP contribution in [0.3, 0.4) is 0 Å². The predicted molar refractivity (Wildman–Crippen MR) is 83.8 cm³/mol. The molecule has 0 radical (unpaired) electrons. The third-order valence-electron chi connectivity index (χ3n) is 4.49. The summed E-state index contributed by atoms with van der Waals surface area (Å²) < 4.78 is 17.0. The summed E-state index contributed by atoms with van der Waals surface area (Å²) in [4.78, 5) is 18.6. The van der Waals surface area contributed by atoms with Crippen molar-refractivity contribution in [3.8, 4) is 0 Å². The molecule has 2 aliphatic heterocycles. The lowest BCUT2D eigenvalue weighted by Crippen LogP contribution is -2.44. The van der Waals surface area contributed by atoms with Crippen LogP contribution in [0.5, 0.6) is 0 Å². The van der Waals surface area contributed by atoms with E-state index in [0.717, 1.165) is 25.1 Å². The number of hydrogen-bond acceptors (Lipinski definition) is 5. The standard InChI is InChI=1S/C17H24N2O4/c1-21-10-7-16(20)19-11-15(17-14(19)6-4-9-22-17)23-12-13-5-2-3-8-18-13/h2-3,5,8,14-15,17H,4,6-7,9-12H2,1H3/t14-,15+,17+/m0/s1. The molecule has 1 amide bonds. The van der Waals surface area contributed by atoms with Gasteiger partial charge >= 0.3 is 0 Å². The lowest BCUT2D eigenvalue weighted by atomic mass is 10.0. The summed E-state index contributed by atoms with van der Waals surface area (Å²) in [6.45, 7) is 2.22. The maximum atomic E-state index is 12.4. The zero-order chi connectivity index (χ0) is 16.1. The van der Waals surface area contributed by atoms with Crippen molar-refractivity contribution in [2.45, 2.75) is 44.1 Å². The summed E-state index contributed by atoms with van der Waals surface area (Å²) in [5, 5.41) is 0. The van der Waals surface area contributed by atoms with Gasteiger partial charge in [0.15, 0.2) is 0 Å². The van der Waals surface area contributed by atoms with Crippen LogP contribution in [-0.2, 0) is 25.6 Å². The SMILES string of the molecule is COCCC(=O)N1C[C@@H](OCc2ccccn2)[C@@H]2OCCC[C@@H]21. The molecule has 0 spiro atoms. The van der Waals surface area contributed by atoms with Crippen LogP contribution in [0.1, 0.15) is 25.0 Å². The van der Waals surface area contributed by atoms with E-state index >= 15 is 0 Å². The van der Waals surface area contributed by atoms with Gasteiger partial charge in [0.25, 0.3) is 0 Å². The van der Waals surface area contributed by atoms with E-state index < -0.39 is 0 Å². The Morgan fingerprint density at radius 1 is 1.48 bits per heavy atom. The molecule has 6 nitrogen and oxygen atoms in total. The van der Waals surface area contributed by atoms with E-state index in [1.165, 1.54) is 0 Å². The van der Waals surface area contributed by atoms with Gasteiger partial charge in [-0.2, -0.15) is 0 Å². The van der Waals surface area contributed by atoms with Crippen molar-refractivity contribution >= 4 is 5.91 Å². The van der Waals surface area contributed by atoms with Crippen LogP contribution >= 0.6 is 0 Å². The van der Waals surface area contributed by atoms with Crippen molar-refractivity contribution in [1.82, 2.24) is 9.88 Å². The lowest BCUT2D eigenvalue weighted by molar-refractivity contribution is -0.135. The largest absolute Gasteiger partial charge is 0.384 e. The van der Waals surface area contributed by atoms with Gasteiger partial charge in [0.2, 0.25) is 5.91 Å². The molecule has 1 aromatic rings. The third kappa shape index (κ3) is 3.88. The fourth-order valence-corrected chi connectivity index (χ4v) is 3.35. The number of likely N-dealkylation sites (tertiary alicyclic amines) is 1. The number of carbonyl (C=O) groups is 1. The van der Waals surface area contributed by atoms with Crippen LogP contribution < -0.4 is 0 Å². The first-order valence-corrected chi connectivity index (χ1v) is 8.21. The molecule has 3 rings (SSSR count). The summed E-state index contributed by atoms with van der Waals surface area (Å²) in [6, 6.07) is 5.90. The van der Waals surface area contributed by atoms with Crippen molar-refractivity contribution < 1.29 is 19.0 Å². The monoisotopic (exact) mass is 320 g/mol. The highest BCUT2D eigenvalue weighted by atomic mass is 16.5. The predicted octanol–water partition coefficient (Wildman–Crippen LogP) is 1.39. The van der Waals surface area contributed by atoms with E-state index in [9.17, 15) is 4.79 Å². The van der Waals surface area contributed by atoms with Gasteiger partial charge in [0.05, 0.1) is 31.4 Å². The highest BCUT2D eigenvalue weighted by Gasteiger charge is 2.46. The normalized spacial score (nSPS) is 27.0. The number of carbonyl (C=O) groups excluding carboxylic acids is 1. The molecule has 0 saturated carbocycles. The Morgan fingerprint density at radius 2 is 2.39 bits per heavy atom. The highest BCUT2D eigenvalue weighted by Crippen LogP contribution is 2.31. The van der Waals surface area contributed by atoms with Gasteiger partial charge in [-0.1, -0.05) is 6.07 Å². The van der Waals surface area contributed by atoms with Crippen LogP contribution in [0.2, 0.25) is 0 Å². The maximum Gasteiger partial charge on any atom is 0.225 e. The quantitative estimate of drug-likeness (QED) is 0.793. The minimum atomic E-state index is -0.0891. The van der Waals surface area contributed by atoms with Crippen molar-refractivity contribution in [2.75, 3.05) is 26.9 Å². The molecular formula is C17H24N2O4. The van der Waals surface area contributed by atoms with Gasteiger partial charge in [-0.3, -0.25) is 9.78 Å². The minimum absolute atomic E-state index is 0.0287. The second kappa shape index (κ2) is 7.86. The Balaban J connectivity index is 1.62. The molecule has 2 aliphatic rings. The minimum Gasteiger partial charge on any atom is -0.384 e. The van der Waals surface area contributed by atoms with E-state index in [4.69, 9.17) is 14.2 Å². The van der Waals surface area contributed by atoms with E-state index in [-0.39, 0.29) is 24.2 Å². The molecular weight excluding hydrogens is 296 g/mol. The number of methoxy groups -OCH3 is 1. The molecule has 0 bridgehead atoms. The molecule has 2 saturated heterocycles. The number of aromatic nitrogens is 1. The van der Waals surface area contributed by atoms with Crippen molar-refractivity contribution in [2.24, 2.45) is 0 Å². The Morgan fingerprint density at radius 3 is 3.17 bits per heavy atom. The number of amides is 1. The molecule has 0 aromatic carbocycles. The molecule has 3 heterocycles. The molecule has 3 atom stereocenters. The Labute approximate surface area is 136 Å². The molecule has 6 heteroatoms. The smallest absolute Gasteiger partial charge is 0.225 e. The van der Waals surface area contributed by atoms with Gasteiger partial charge in [-0.25, -0.2) is 0 Å². The number of pyridine rings is 1. The average Bonchev–Trinajstić information content (AvgIpc) is 2.98. The summed E-state index contributed by atoms with van der Waals surface area (Å²) in [6.07, 6.45) is 4.02. The average molecular weight is 320 g/mol. The summed E-state index contributed by atoms with van der Waals surface area (Å²) in [5.74, 6) is 0.122. The molecule has 2 fully saturated rings. The second-order valence-electron chi connectivity index (χ2n) is 6.00. The number of rotatable bonds is 6. The fourth-order valence-electron chi connectivity index (χ4n) is 3.35. The second-order valence-corrected chi connectivity index (χ2v) is 6.00. The number of nitrogens with zero attached hydrogens (tertiary/aromatic N) is 2.